The minimum Gasteiger partial charge on any atom is -0.463 e. The van der Waals surface area contributed by atoms with Crippen molar-refractivity contribution in [2.75, 3.05) is 19.8 Å². The zero-order chi connectivity index (χ0) is 33.2. The van der Waals surface area contributed by atoms with E-state index in [2.05, 4.69) is 13.0 Å². The van der Waals surface area contributed by atoms with Crippen LogP contribution in [0.25, 0.3) is 11.1 Å². The molecule has 0 bridgehead atoms. The average molecular weight is 640 g/mol. The first-order valence-corrected chi connectivity index (χ1v) is 16.5. The number of ether oxygens (including phenoxy) is 3. The Morgan fingerprint density at radius 1 is 1.00 bits per heavy atom. The summed E-state index contributed by atoms with van der Waals surface area (Å²) in [6.45, 7) is 7.41. The molecule has 1 aromatic heterocycles. The number of amides is 2. The Morgan fingerprint density at radius 3 is 2.43 bits per heavy atom. The number of furan rings is 1. The van der Waals surface area contributed by atoms with Gasteiger partial charge in [0.2, 0.25) is 5.91 Å². The third kappa shape index (κ3) is 8.98. The highest BCUT2D eigenvalue weighted by molar-refractivity contribution is 5.95. The van der Waals surface area contributed by atoms with Crippen LogP contribution in [0.4, 0.5) is 4.79 Å². The molecule has 0 saturated carbocycles. The monoisotopic (exact) mass is 639 g/mol. The van der Waals surface area contributed by atoms with Crippen LogP contribution in [0, 0.1) is 12.8 Å². The van der Waals surface area contributed by atoms with Crippen molar-refractivity contribution in [1.82, 2.24) is 4.90 Å². The van der Waals surface area contributed by atoms with Gasteiger partial charge in [-0.2, -0.15) is 0 Å². The first-order valence-electron chi connectivity index (χ1n) is 16.5. The normalized spacial score (nSPS) is 16.6. The fourth-order valence-corrected chi connectivity index (χ4v) is 5.83. The largest absolute Gasteiger partial charge is 0.463 e. The first-order chi connectivity index (χ1) is 22.8. The number of aliphatic hydroxyl groups is 1. The summed E-state index contributed by atoms with van der Waals surface area (Å²) in [6.07, 6.45) is 0.666. The van der Waals surface area contributed by atoms with Crippen LogP contribution in [0.15, 0.2) is 95.4 Å². The van der Waals surface area contributed by atoms with Crippen molar-refractivity contribution in [2.45, 2.75) is 71.3 Å². The lowest BCUT2D eigenvalue weighted by Gasteiger charge is -2.25. The Morgan fingerprint density at radius 2 is 1.72 bits per heavy atom. The standard InChI is InChI=1S/C39H45NO7/c1-4-33(45-24-30-16-9-6-10-17-30)26-44-20-12-19-35-34(31-18-11-13-27(2)21-31)23-36(47-35)37(41)28(3)38(42)40-32(25-46-39(40)43)22-29-14-7-5-8-15-29/h5-11,13-18,21,23,28,32-33,37,41H,4,12,19-20,22,24-26H2,1-3H3/t28-,32-,33-,37-/m0/s1. The summed E-state index contributed by atoms with van der Waals surface area (Å²) in [5.41, 5.74) is 5.06. The van der Waals surface area contributed by atoms with Gasteiger partial charge in [0, 0.05) is 18.6 Å². The average Bonchev–Trinajstić information content (AvgIpc) is 3.69. The molecule has 1 saturated heterocycles. The Kier molecular flexibility index (Phi) is 12.0. The zero-order valence-corrected chi connectivity index (χ0v) is 27.5. The van der Waals surface area contributed by atoms with Gasteiger partial charge >= 0.3 is 6.09 Å². The molecular formula is C39H45NO7. The molecule has 4 atom stereocenters. The van der Waals surface area contributed by atoms with Crippen molar-refractivity contribution in [1.29, 1.82) is 0 Å². The lowest BCUT2D eigenvalue weighted by Crippen LogP contribution is -2.44. The number of hydrogen-bond acceptors (Lipinski definition) is 7. The van der Waals surface area contributed by atoms with Gasteiger partial charge in [0.1, 0.15) is 24.2 Å². The summed E-state index contributed by atoms with van der Waals surface area (Å²) >= 11 is 0. The molecule has 3 aromatic carbocycles. The van der Waals surface area contributed by atoms with Crippen molar-refractivity contribution in [3.63, 3.8) is 0 Å². The Hall–Kier alpha value is -4.24. The van der Waals surface area contributed by atoms with Gasteiger partial charge in [-0.1, -0.05) is 104 Å². The summed E-state index contributed by atoms with van der Waals surface area (Å²) in [7, 11) is 0. The van der Waals surface area contributed by atoms with Crippen molar-refractivity contribution in [3.8, 4) is 11.1 Å². The molecule has 0 aliphatic carbocycles. The van der Waals surface area contributed by atoms with Gasteiger partial charge < -0.3 is 23.7 Å². The fraction of sp³-hybridized carbons (Fsp3) is 0.385. The SMILES string of the molecule is CC[C@@H](COCCCc1oc([C@@H](O)[C@H](C)C(=O)N2C(=O)OC[C@@H]2Cc2ccccc2)cc1-c1cccc(C)c1)OCc1ccccc1. The van der Waals surface area contributed by atoms with Crippen molar-refractivity contribution in [2.24, 2.45) is 5.92 Å². The van der Waals surface area contributed by atoms with Crippen molar-refractivity contribution < 1.29 is 33.3 Å². The lowest BCUT2D eigenvalue weighted by molar-refractivity contribution is -0.137. The van der Waals surface area contributed by atoms with Crippen LogP contribution in [0.3, 0.4) is 0 Å². The number of cyclic esters (lactones) is 1. The smallest absolute Gasteiger partial charge is 0.416 e. The number of hydrogen-bond donors (Lipinski definition) is 1. The molecule has 2 heterocycles. The van der Waals surface area contributed by atoms with Crippen LogP contribution in [0.1, 0.15) is 61.0 Å². The van der Waals surface area contributed by atoms with E-state index in [1.54, 1.807) is 6.92 Å². The molecule has 2 amide bonds. The quantitative estimate of drug-likeness (QED) is 0.127. The maximum absolute atomic E-state index is 13.6. The van der Waals surface area contributed by atoms with Gasteiger partial charge in [0.05, 0.1) is 31.3 Å². The van der Waals surface area contributed by atoms with E-state index in [0.29, 0.717) is 44.8 Å². The third-order valence-electron chi connectivity index (χ3n) is 8.60. The molecule has 1 aliphatic heterocycles. The van der Waals surface area contributed by atoms with Crippen LogP contribution < -0.4 is 0 Å². The molecule has 1 N–H and O–H groups in total. The summed E-state index contributed by atoms with van der Waals surface area (Å²) in [5, 5.41) is 11.4. The van der Waals surface area contributed by atoms with Crippen LogP contribution >= 0.6 is 0 Å². The molecule has 0 radical (unpaired) electrons. The maximum atomic E-state index is 13.6. The van der Waals surface area contributed by atoms with E-state index in [9.17, 15) is 14.7 Å². The summed E-state index contributed by atoms with van der Waals surface area (Å²) in [6, 6.07) is 29.2. The highest BCUT2D eigenvalue weighted by atomic mass is 16.6. The van der Waals surface area contributed by atoms with Crippen LogP contribution in [-0.4, -0.2) is 54.0 Å². The number of benzene rings is 3. The first kappa shape index (κ1) is 34.1. The highest BCUT2D eigenvalue weighted by Gasteiger charge is 2.42. The van der Waals surface area contributed by atoms with Crippen LogP contribution in [0.5, 0.6) is 0 Å². The molecule has 4 aromatic rings. The second kappa shape index (κ2) is 16.5. The number of rotatable bonds is 16. The van der Waals surface area contributed by atoms with Gasteiger partial charge in [0.25, 0.3) is 0 Å². The number of nitrogens with zero attached hydrogens (tertiary/aromatic N) is 1. The minimum absolute atomic E-state index is 0.00243. The highest BCUT2D eigenvalue weighted by Crippen LogP contribution is 2.35. The van der Waals surface area contributed by atoms with E-state index in [0.717, 1.165) is 39.1 Å². The molecule has 47 heavy (non-hydrogen) atoms. The van der Waals surface area contributed by atoms with Gasteiger partial charge in [-0.05, 0) is 48.9 Å². The van der Waals surface area contributed by atoms with Gasteiger partial charge in [-0.3, -0.25) is 4.79 Å². The second-order valence-electron chi connectivity index (χ2n) is 12.2. The molecular weight excluding hydrogens is 594 g/mol. The Bertz CT molecular complexity index is 1590. The van der Waals surface area contributed by atoms with Gasteiger partial charge in [-0.25, -0.2) is 9.69 Å². The molecule has 1 aliphatic rings. The number of carbonyl (C=O) groups excluding carboxylic acids is 2. The zero-order valence-electron chi connectivity index (χ0n) is 27.5. The topological polar surface area (TPSA) is 98.4 Å². The maximum Gasteiger partial charge on any atom is 0.416 e. The molecule has 8 nitrogen and oxygen atoms in total. The summed E-state index contributed by atoms with van der Waals surface area (Å²) in [4.78, 5) is 27.4. The predicted octanol–water partition coefficient (Wildman–Crippen LogP) is 7.46. The van der Waals surface area contributed by atoms with Gasteiger partial charge in [0.15, 0.2) is 0 Å². The van der Waals surface area contributed by atoms with Crippen molar-refractivity contribution in [3.05, 3.63) is 119 Å². The van der Waals surface area contributed by atoms with E-state index in [1.165, 1.54) is 0 Å². The minimum atomic E-state index is -1.26. The predicted molar refractivity (Wildman–Crippen MR) is 180 cm³/mol. The lowest BCUT2D eigenvalue weighted by atomic mass is 9.97. The molecule has 0 spiro atoms. The number of imide groups is 1. The third-order valence-corrected chi connectivity index (χ3v) is 8.60. The molecule has 8 heteroatoms. The number of carbonyl (C=O) groups is 2. The fourth-order valence-electron chi connectivity index (χ4n) is 5.83. The molecule has 5 rings (SSSR count). The molecule has 0 unspecified atom stereocenters. The van der Waals surface area contributed by atoms with Crippen molar-refractivity contribution >= 4 is 12.0 Å². The summed E-state index contributed by atoms with van der Waals surface area (Å²) < 4.78 is 23.6. The number of aliphatic hydroxyl groups excluding tert-OH is 1. The van der Waals surface area contributed by atoms with E-state index >= 15 is 0 Å². The van der Waals surface area contributed by atoms with E-state index in [1.807, 2.05) is 91.9 Å². The van der Waals surface area contributed by atoms with Crippen LogP contribution in [-0.2, 0) is 38.5 Å². The van der Waals surface area contributed by atoms with Crippen LogP contribution in [0.2, 0.25) is 0 Å². The van der Waals surface area contributed by atoms with Gasteiger partial charge in [-0.15, -0.1) is 0 Å². The van der Waals surface area contributed by atoms with E-state index < -0.39 is 30.1 Å². The Labute approximate surface area is 277 Å². The summed E-state index contributed by atoms with van der Waals surface area (Å²) in [5.74, 6) is -0.438. The second-order valence-corrected chi connectivity index (χ2v) is 12.2. The molecule has 248 valence electrons. The van der Waals surface area contributed by atoms with E-state index in [4.69, 9.17) is 18.6 Å². The Balaban J connectivity index is 1.23. The molecule has 1 fully saturated rings. The number of aryl methyl sites for hydroxylation is 2. The van der Waals surface area contributed by atoms with E-state index in [-0.39, 0.29) is 18.5 Å².